The van der Waals surface area contributed by atoms with E-state index < -0.39 is 10.8 Å². The zero-order valence-electron chi connectivity index (χ0n) is 17.6. The van der Waals surface area contributed by atoms with Crippen LogP contribution in [0.4, 0.5) is 22.9 Å². The molecule has 0 unspecified atom stereocenters. The number of benzene rings is 1. The van der Waals surface area contributed by atoms with Gasteiger partial charge in [0.15, 0.2) is 0 Å². The van der Waals surface area contributed by atoms with Gasteiger partial charge in [0.1, 0.15) is 5.82 Å². The number of piperidine rings is 1. The molecule has 2 aromatic rings. The second-order valence-corrected chi connectivity index (χ2v) is 8.08. The van der Waals surface area contributed by atoms with E-state index in [1.54, 1.807) is 18.3 Å². The highest BCUT2D eigenvalue weighted by Crippen LogP contribution is 2.30. The highest BCUT2D eigenvalue weighted by atomic mass is 16.6. The Morgan fingerprint density at radius 1 is 1.13 bits per heavy atom. The number of amides is 1. The molecule has 0 spiro atoms. The second-order valence-electron chi connectivity index (χ2n) is 8.08. The Bertz CT molecular complexity index is 935. The smallest absolute Gasteiger partial charge is 0.270 e. The fourth-order valence-corrected chi connectivity index (χ4v) is 4.00. The van der Waals surface area contributed by atoms with Crippen molar-refractivity contribution in [3.05, 3.63) is 52.2 Å². The molecule has 1 amide bonds. The van der Waals surface area contributed by atoms with E-state index in [2.05, 4.69) is 27.0 Å². The predicted octanol–water partition coefficient (Wildman–Crippen LogP) is 3.32. The van der Waals surface area contributed by atoms with Crippen LogP contribution in [0.5, 0.6) is 0 Å². The highest BCUT2D eigenvalue weighted by Gasteiger charge is 2.24. The first kappa shape index (κ1) is 21.0. The van der Waals surface area contributed by atoms with E-state index in [1.165, 1.54) is 12.1 Å². The second kappa shape index (κ2) is 9.30. The Morgan fingerprint density at radius 3 is 2.52 bits per heavy atom. The summed E-state index contributed by atoms with van der Waals surface area (Å²) in [5.41, 5.74) is 1.89. The lowest BCUT2D eigenvalue weighted by Crippen LogP contribution is -2.36. The van der Waals surface area contributed by atoms with Crippen molar-refractivity contribution in [3.8, 4) is 0 Å². The van der Waals surface area contributed by atoms with Crippen LogP contribution in [0.2, 0.25) is 0 Å². The van der Waals surface area contributed by atoms with Crippen molar-refractivity contribution in [1.82, 2.24) is 4.98 Å². The minimum Gasteiger partial charge on any atom is -0.378 e. The molecule has 3 heterocycles. The molecule has 2 saturated heterocycles. The van der Waals surface area contributed by atoms with Crippen molar-refractivity contribution in [3.63, 3.8) is 0 Å². The molecular weight excluding hydrogens is 398 g/mol. The number of nitro groups is 1. The standard InChI is InChI=1S/C22H27N5O4/c1-16-6-8-26(9-7-16)20-4-2-17(27(29)30)14-19(20)22(28)24-21-5-3-18(15-23-21)25-10-12-31-13-11-25/h2-5,14-16H,6-13H2,1H3,(H,23,24,28). The minimum absolute atomic E-state index is 0.102. The molecule has 0 aliphatic carbocycles. The predicted molar refractivity (Wildman–Crippen MR) is 119 cm³/mol. The molecule has 164 valence electrons. The number of carbonyl (C=O) groups excluding carboxylic acids is 1. The van der Waals surface area contributed by atoms with E-state index in [0.717, 1.165) is 50.4 Å². The van der Waals surface area contributed by atoms with Gasteiger partial charge in [-0.1, -0.05) is 6.92 Å². The largest absolute Gasteiger partial charge is 0.378 e. The van der Waals surface area contributed by atoms with Crippen molar-refractivity contribution < 1.29 is 14.5 Å². The van der Waals surface area contributed by atoms with Crippen molar-refractivity contribution in [1.29, 1.82) is 0 Å². The van der Waals surface area contributed by atoms with E-state index >= 15 is 0 Å². The number of carbonyl (C=O) groups is 1. The van der Waals surface area contributed by atoms with Crippen molar-refractivity contribution in [2.45, 2.75) is 19.8 Å². The zero-order valence-corrected chi connectivity index (χ0v) is 17.6. The lowest BCUT2D eigenvalue weighted by atomic mass is 9.98. The van der Waals surface area contributed by atoms with E-state index in [-0.39, 0.29) is 5.69 Å². The maximum Gasteiger partial charge on any atom is 0.270 e. The molecule has 1 aromatic carbocycles. The van der Waals surface area contributed by atoms with Crippen LogP contribution >= 0.6 is 0 Å². The highest BCUT2D eigenvalue weighted by molar-refractivity contribution is 6.08. The Labute approximate surface area is 181 Å². The monoisotopic (exact) mass is 425 g/mol. The number of rotatable bonds is 5. The van der Waals surface area contributed by atoms with E-state index in [0.29, 0.717) is 30.5 Å². The Kier molecular flexibility index (Phi) is 6.31. The number of aromatic nitrogens is 1. The third-order valence-electron chi connectivity index (χ3n) is 5.93. The topological polar surface area (TPSA) is 101 Å². The zero-order chi connectivity index (χ0) is 21.8. The number of anilines is 3. The third-order valence-corrected chi connectivity index (χ3v) is 5.93. The molecule has 2 fully saturated rings. The average molecular weight is 425 g/mol. The molecule has 2 aliphatic heterocycles. The third kappa shape index (κ3) is 4.93. The van der Waals surface area contributed by atoms with E-state index in [9.17, 15) is 14.9 Å². The molecule has 4 rings (SSSR count). The first-order chi connectivity index (χ1) is 15.0. The molecule has 31 heavy (non-hydrogen) atoms. The Morgan fingerprint density at radius 2 is 1.87 bits per heavy atom. The molecule has 1 N–H and O–H groups in total. The van der Waals surface area contributed by atoms with Gasteiger partial charge in [0, 0.05) is 38.3 Å². The van der Waals surface area contributed by atoms with Crippen LogP contribution in [0.15, 0.2) is 36.5 Å². The van der Waals surface area contributed by atoms with Crippen LogP contribution in [0.3, 0.4) is 0 Å². The average Bonchev–Trinajstić information content (AvgIpc) is 2.80. The van der Waals surface area contributed by atoms with Gasteiger partial charge in [-0.15, -0.1) is 0 Å². The molecule has 0 radical (unpaired) electrons. The first-order valence-corrected chi connectivity index (χ1v) is 10.6. The number of nitrogens with one attached hydrogen (secondary N) is 1. The summed E-state index contributed by atoms with van der Waals surface area (Å²) < 4.78 is 5.37. The molecular formula is C22H27N5O4. The summed E-state index contributed by atoms with van der Waals surface area (Å²) in [6, 6.07) is 8.15. The van der Waals surface area contributed by atoms with Crippen LogP contribution in [0, 0.1) is 16.0 Å². The van der Waals surface area contributed by atoms with Crippen LogP contribution in [0.1, 0.15) is 30.1 Å². The quantitative estimate of drug-likeness (QED) is 0.579. The summed E-state index contributed by atoms with van der Waals surface area (Å²) in [5.74, 6) is 0.649. The molecule has 1 aromatic heterocycles. The minimum atomic E-state index is -0.478. The van der Waals surface area contributed by atoms with Gasteiger partial charge < -0.3 is 19.9 Å². The summed E-state index contributed by atoms with van der Waals surface area (Å²) in [6.45, 7) is 6.84. The summed E-state index contributed by atoms with van der Waals surface area (Å²) in [6.07, 6.45) is 3.78. The summed E-state index contributed by atoms with van der Waals surface area (Å²) in [7, 11) is 0. The van der Waals surface area contributed by atoms with Crippen LogP contribution in [-0.4, -0.2) is 55.2 Å². The van der Waals surface area contributed by atoms with Gasteiger partial charge in [-0.25, -0.2) is 4.98 Å². The lowest BCUT2D eigenvalue weighted by molar-refractivity contribution is -0.384. The number of pyridine rings is 1. The van der Waals surface area contributed by atoms with Crippen LogP contribution < -0.4 is 15.1 Å². The molecule has 0 atom stereocenters. The van der Waals surface area contributed by atoms with Gasteiger partial charge in [0.05, 0.1) is 41.3 Å². The van der Waals surface area contributed by atoms with Crippen molar-refractivity contribution in [2.75, 3.05) is 54.5 Å². The fourth-order valence-electron chi connectivity index (χ4n) is 4.00. The molecule has 2 aliphatic rings. The number of non-ortho nitro benzene ring substituents is 1. The lowest BCUT2D eigenvalue weighted by Gasteiger charge is -2.33. The van der Waals surface area contributed by atoms with Crippen LogP contribution in [-0.2, 0) is 4.74 Å². The van der Waals surface area contributed by atoms with Gasteiger partial charge in [-0.05, 0) is 37.0 Å². The summed E-state index contributed by atoms with van der Waals surface area (Å²) in [4.78, 5) is 32.6. The molecule has 0 saturated carbocycles. The normalized spacial score (nSPS) is 17.5. The fraction of sp³-hybridized carbons (Fsp3) is 0.455. The summed E-state index contributed by atoms with van der Waals surface area (Å²) >= 11 is 0. The van der Waals surface area contributed by atoms with Crippen LogP contribution in [0.25, 0.3) is 0 Å². The van der Waals surface area contributed by atoms with Gasteiger partial charge in [0.2, 0.25) is 0 Å². The SMILES string of the molecule is CC1CCN(c2ccc([N+](=O)[O-])cc2C(=O)Nc2ccc(N3CCOCC3)cn2)CC1. The van der Waals surface area contributed by atoms with E-state index in [4.69, 9.17) is 4.74 Å². The summed E-state index contributed by atoms with van der Waals surface area (Å²) in [5, 5.41) is 14.1. The molecule has 9 nitrogen and oxygen atoms in total. The van der Waals surface area contributed by atoms with Crippen molar-refractivity contribution in [2.24, 2.45) is 5.92 Å². The molecule has 9 heteroatoms. The maximum absolute atomic E-state index is 13.1. The van der Waals surface area contributed by atoms with Gasteiger partial charge >= 0.3 is 0 Å². The number of ether oxygens (including phenoxy) is 1. The van der Waals surface area contributed by atoms with Crippen molar-refractivity contribution >= 4 is 28.8 Å². The molecule has 0 bridgehead atoms. The number of morpholine rings is 1. The Balaban J connectivity index is 1.53. The number of nitro benzene ring substituents is 1. The first-order valence-electron chi connectivity index (χ1n) is 10.6. The number of hydrogen-bond donors (Lipinski definition) is 1. The maximum atomic E-state index is 13.1. The number of nitrogens with zero attached hydrogens (tertiary/aromatic N) is 4. The van der Waals surface area contributed by atoms with Gasteiger partial charge in [0.25, 0.3) is 11.6 Å². The van der Waals surface area contributed by atoms with Gasteiger partial charge in [-0.2, -0.15) is 0 Å². The Hall–Kier alpha value is -3.20. The van der Waals surface area contributed by atoms with E-state index in [1.807, 2.05) is 6.07 Å². The number of hydrogen-bond acceptors (Lipinski definition) is 7. The van der Waals surface area contributed by atoms with Gasteiger partial charge in [-0.3, -0.25) is 14.9 Å².